The highest BCUT2D eigenvalue weighted by Gasteiger charge is 2.05. The van der Waals surface area contributed by atoms with E-state index in [1.54, 1.807) is 0 Å². The second-order valence-corrected chi connectivity index (χ2v) is 14.3. The monoisotopic (exact) mass is 634 g/mol. The molecule has 0 aromatic rings. The molecule has 0 bridgehead atoms. The maximum Gasteiger partial charge on any atom is 0.0443 e. The van der Waals surface area contributed by atoms with Crippen molar-refractivity contribution in [3.05, 3.63) is 36.5 Å². The van der Waals surface area contributed by atoms with Crippen molar-refractivity contribution in [3.63, 3.8) is 0 Å². The SMILES string of the molecule is CCCCC/C=C\C/C=C\CCCCCCCCN(CCCO)CCSCCCCCCCC/C=C\CCCCCCCC. The first-order chi connectivity index (χ1) is 21.8. The molecule has 0 aliphatic heterocycles. The molecule has 0 rings (SSSR count). The zero-order chi connectivity index (χ0) is 31.9. The topological polar surface area (TPSA) is 23.5 Å². The molecule has 0 saturated heterocycles. The van der Waals surface area contributed by atoms with Gasteiger partial charge in [0.05, 0.1) is 0 Å². The van der Waals surface area contributed by atoms with E-state index >= 15 is 0 Å². The lowest BCUT2D eigenvalue weighted by Gasteiger charge is -2.21. The molecule has 0 heterocycles. The molecule has 0 radical (unpaired) electrons. The van der Waals surface area contributed by atoms with Crippen LogP contribution in [-0.4, -0.2) is 47.8 Å². The molecule has 1 N–H and O–H groups in total. The van der Waals surface area contributed by atoms with Crippen molar-refractivity contribution in [3.8, 4) is 0 Å². The van der Waals surface area contributed by atoms with Gasteiger partial charge in [-0.1, -0.05) is 147 Å². The molecule has 0 saturated carbocycles. The normalized spacial score (nSPS) is 12.3. The lowest BCUT2D eigenvalue weighted by molar-refractivity contribution is 0.228. The maximum atomic E-state index is 9.32. The van der Waals surface area contributed by atoms with Gasteiger partial charge in [-0.05, 0) is 89.3 Å². The summed E-state index contributed by atoms with van der Waals surface area (Å²) in [6.07, 6.45) is 50.4. The van der Waals surface area contributed by atoms with E-state index < -0.39 is 0 Å². The van der Waals surface area contributed by atoms with Gasteiger partial charge in [-0.3, -0.25) is 0 Å². The first kappa shape index (κ1) is 43.5. The fraction of sp³-hybridized carbons (Fsp3) is 0.854. The van der Waals surface area contributed by atoms with Gasteiger partial charge in [0.25, 0.3) is 0 Å². The molecule has 0 amide bonds. The minimum absolute atomic E-state index is 0.322. The summed E-state index contributed by atoms with van der Waals surface area (Å²) >= 11 is 2.14. The van der Waals surface area contributed by atoms with E-state index in [0.29, 0.717) is 6.61 Å². The van der Waals surface area contributed by atoms with Crippen LogP contribution in [0.1, 0.15) is 187 Å². The Morgan fingerprint density at radius 1 is 0.409 bits per heavy atom. The van der Waals surface area contributed by atoms with Gasteiger partial charge in [-0.2, -0.15) is 11.8 Å². The van der Waals surface area contributed by atoms with Crippen LogP contribution in [0.3, 0.4) is 0 Å². The van der Waals surface area contributed by atoms with Gasteiger partial charge < -0.3 is 10.0 Å². The Bertz CT molecular complexity index is 601. The largest absolute Gasteiger partial charge is 0.396 e. The molecule has 0 fully saturated rings. The maximum absolute atomic E-state index is 9.32. The van der Waals surface area contributed by atoms with Crippen LogP contribution in [-0.2, 0) is 0 Å². The molecule has 3 heteroatoms. The molecule has 0 atom stereocenters. The summed E-state index contributed by atoms with van der Waals surface area (Å²) in [5, 5.41) is 9.32. The second kappa shape index (κ2) is 40.5. The minimum atomic E-state index is 0.322. The van der Waals surface area contributed by atoms with Gasteiger partial charge in [0.2, 0.25) is 0 Å². The Morgan fingerprint density at radius 2 is 0.818 bits per heavy atom. The van der Waals surface area contributed by atoms with Crippen LogP contribution < -0.4 is 0 Å². The molecule has 0 spiro atoms. The molecular formula is C41H79NOS. The van der Waals surface area contributed by atoms with Gasteiger partial charge in [0, 0.05) is 25.4 Å². The summed E-state index contributed by atoms with van der Waals surface area (Å²) in [5.74, 6) is 2.57. The lowest BCUT2D eigenvalue weighted by atomic mass is 10.1. The van der Waals surface area contributed by atoms with Gasteiger partial charge >= 0.3 is 0 Å². The first-order valence-corrected chi connectivity index (χ1v) is 20.9. The Kier molecular flexibility index (Phi) is 40.0. The first-order valence-electron chi connectivity index (χ1n) is 19.7. The number of unbranched alkanes of at least 4 members (excludes halogenated alkanes) is 21. The summed E-state index contributed by atoms with van der Waals surface area (Å²) < 4.78 is 0. The average molecular weight is 634 g/mol. The van der Waals surface area contributed by atoms with Crippen LogP contribution in [0.25, 0.3) is 0 Å². The van der Waals surface area contributed by atoms with E-state index in [-0.39, 0.29) is 0 Å². The van der Waals surface area contributed by atoms with E-state index in [9.17, 15) is 5.11 Å². The number of hydrogen-bond donors (Lipinski definition) is 1. The van der Waals surface area contributed by atoms with Crippen LogP contribution >= 0.6 is 11.8 Å². The molecule has 260 valence electrons. The van der Waals surface area contributed by atoms with Crippen LogP contribution in [0.4, 0.5) is 0 Å². The summed E-state index contributed by atoms with van der Waals surface area (Å²) in [4.78, 5) is 2.61. The van der Waals surface area contributed by atoms with Crippen molar-refractivity contribution >= 4 is 11.8 Å². The molecular weight excluding hydrogens is 555 g/mol. The molecule has 44 heavy (non-hydrogen) atoms. The van der Waals surface area contributed by atoms with E-state index in [1.165, 1.54) is 185 Å². The van der Waals surface area contributed by atoms with Crippen LogP contribution in [0.2, 0.25) is 0 Å². The number of allylic oxidation sites excluding steroid dienone is 6. The third-order valence-corrected chi connectivity index (χ3v) is 9.71. The number of thioether (sulfide) groups is 1. The van der Waals surface area contributed by atoms with Crippen LogP contribution in [0, 0.1) is 0 Å². The summed E-state index contributed by atoms with van der Waals surface area (Å²) in [6, 6.07) is 0. The molecule has 2 nitrogen and oxygen atoms in total. The Morgan fingerprint density at radius 3 is 1.36 bits per heavy atom. The van der Waals surface area contributed by atoms with E-state index in [1.807, 2.05) is 0 Å². The summed E-state index contributed by atoms with van der Waals surface area (Å²) in [6.45, 7) is 8.35. The predicted molar refractivity (Wildman–Crippen MR) is 204 cm³/mol. The number of hydrogen-bond acceptors (Lipinski definition) is 3. The molecule has 0 aliphatic carbocycles. The fourth-order valence-electron chi connectivity index (χ4n) is 5.70. The summed E-state index contributed by atoms with van der Waals surface area (Å²) in [7, 11) is 0. The highest BCUT2D eigenvalue weighted by molar-refractivity contribution is 7.99. The third kappa shape index (κ3) is 37.7. The quantitative estimate of drug-likeness (QED) is 0.0544. The van der Waals surface area contributed by atoms with Crippen molar-refractivity contribution in [2.24, 2.45) is 0 Å². The standard InChI is InChI=1S/C41H79NOS/c1-3-5-7-9-11-13-15-17-19-21-23-25-27-29-31-33-36-42(37-35-39-43)38-41-44-40-34-32-30-28-26-24-22-20-18-16-14-12-10-8-6-4-2/h11,13,17-20,43H,3-10,12,14-16,21-41H2,1-2H3/b13-11-,19-17-,20-18-. The smallest absolute Gasteiger partial charge is 0.0443 e. The zero-order valence-electron chi connectivity index (χ0n) is 30.1. The average Bonchev–Trinajstić information content (AvgIpc) is 3.04. The van der Waals surface area contributed by atoms with Crippen molar-refractivity contribution in [2.75, 3.05) is 37.7 Å². The van der Waals surface area contributed by atoms with Crippen molar-refractivity contribution < 1.29 is 5.11 Å². The van der Waals surface area contributed by atoms with Gasteiger partial charge in [0.15, 0.2) is 0 Å². The van der Waals surface area contributed by atoms with E-state index in [2.05, 4.69) is 67.0 Å². The lowest BCUT2D eigenvalue weighted by Crippen LogP contribution is -2.29. The predicted octanol–water partition coefficient (Wildman–Crippen LogP) is 13.3. The highest BCUT2D eigenvalue weighted by Crippen LogP contribution is 2.13. The second-order valence-electron chi connectivity index (χ2n) is 13.1. The number of aliphatic hydroxyl groups excluding tert-OH is 1. The van der Waals surface area contributed by atoms with Crippen LogP contribution in [0.15, 0.2) is 36.5 Å². The zero-order valence-corrected chi connectivity index (χ0v) is 30.9. The Hall–Kier alpha value is -0.510. The van der Waals surface area contributed by atoms with Crippen molar-refractivity contribution in [1.82, 2.24) is 4.90 Å². The Labute approximate surface area is 282 Å². The summed E-state index contributed by atoms with van der Waals surface area (Å²) in [5.41, 5.74) is 0. The number of aliphatic hydroxyl groups is 1. The van der Waals surface area contributed by atoms with Gasteiger partial charge in [-0.25, -0.2) is 0 Å². The van der Waals surface area contributed by atoms with Crippen molar-refractivity contribution in [1.29, 1.82) is 0 Å². The van der Waals surface area contributed by atoms with Crippen LogP contribution in [0.5, 0.6) is 0 Å². The van der Waals surface area contributed by atoms with E-state index in [0.717, 1.165) is 19.4 Å². The minimum Gasteiger partial charge on any atom is -0.396 e. The van der Waals surface area contributed by atoms with Crippen molar-refractivity contribution in [2.45, 2.75) is 187 Å². The fourth-order valence-corrected chi connectivity index (χ4v) is 6.70. The molecule has 0 unspecified atom stereocenters. The Balaban J connectivity index is 3.53. The number of rotatable bonds is 37. The van der Waals surface area contributed by atoms with Gasteiger partial charge in [0.1, 0.15) is 0 Å². The van der Waals surface area contributed by atoms with E-state index in [4.69, 9.17) is 0 Å². The molecule has 0 aromatic heterocycles. The number of nitrogens with zero attached hydrogens (tertiary/aromatic N) is 1. The highest BCUT2D eigenvalue weighted by atomic mass is 32.2. The molecule has 0 aromatic carbocycles. The molecule has 0 aliphatic rings. The third-order valence-electron chi connectivity index (χ3n) is 8.66. The van der Waals surface area contributed by atoms with Gasteiger partial charge in [-0.15, -0.1) is 0 Å².